The van der Waals surface area contributed by atoms with Gasteiger partial charge in [0.15, 0.2) is 0 Å². The number of aromatic nitrogens is 2. The van der Waals surface area contributed by atoms with Gasteiger partial charge in [-0.25, -0.2) is 9.59 Å². The normalized spacial score (nSPS) is 12.2. The van der Waals surface area contributed by atoms with E-state index in [4.69, 9.17) is 13.6 Å². The highest BCUT2D eigenvalue weighted by Gasteiger charge is 2.24. The molecule has 0 spiro atoms. The maximum atomic E-state index is 13.4. The second-order valence-corrected chi connectivity index (χ2v) is 9.87. The van der Waals surface area contributed by atoms with E-state index in [0.717, 1.165) is 12.8 Å². The molecular weight excluding hydrogens is 492 g/mol. The third-order valence-corrected chi connectivity index (χ3v) is 5.40. The Hall–Kier alpha value is -4.15. The largest absolute Gasteiger partial charge is 0.478 e. The second-order valence-electron chi connectivity index (χ2n) is 9.87. The van der Waals surface area contributed by atoms with Gasteiger partial charge < -0.3 is 28.9 Å². The summed E-state index contributed by atoms with van der Waals surface area (Å²) in [6.45, 7) is 12.1. The number of carbonyl (C=O) groups excluding carboxylic acids is 2. The first-order valence-corrected chi connectivity index (χ1v) is 12.5. The van der Waals surface area contributed by atoms with E-state index < -0.39 is 23.7 Å². The summed E-state index contributed by atoms with van der Waals surface area (Å²) in [6, 6.07) is 5.54. The number of ether oxygens (including phenoxy) is 1. The van der Waals surface area contributed by atoms with Gasteiger partial charge in [0.1, 0.15) is 23.0 Å². The van der Waals surface area contributed by atoms with Crippen LogP contribution in [0.3, 0.4) is 0 Å². The molecule has 0 saturated carbocycles. The van der Waals surface area contributed by atoms with Crippen molar-refractivity contribution in [3.8, 4) is 22.8 Å². The Kier molecular flexibility index (Phi) is 8.92. The molecule has 1 atom stereocenters. The summed E-state index contributed by atoms with van der Waals surface area (Å²) in [5.74, 6) is -1.04. The zero-order chi connectivity index (χ0) is 28.0. The molecule has 204 valence electrons. The molecule has 2 amide bonds. The molecule has 11 nitrogen and oxygen atoms in total. The number of hydrogen-bond acceptors (Lipinski definition) is 8. The minimum Gasteiger partial charge on any atom is -0.478 e. The average Bonchev–Trinajstić information content (AvgIpc) is 3.52. The molecule has 0 radical (unpaired) electrons. The van der Waals surface area contributed by atoms with Crippen LogP contribution in [0.25, 0.3) is 22.8 Å². The quantitative estimate of drug-likeness (QED) is 0.347. The number of nitrogens with one attached hydrogen (secondary N) is 1. The summed E-state index contributed by atoms with van der Waals surface area (Å²) in [5.41, 5.74) is 0.389. The van der Waals surface area contributed by atoms with Crippen LogP contribution in [0, 0.1) is 0 Å². The Balaban J connectivity index is 2.02. The molecule has 0 bridgehead atoms. The lowest BCUT2D eigenvalue weighted by atomic mass is 10.0. The molecule has 3 aromatic rings. The van der Waals surface area contributed by atoms with Gasteiger partial charge >= 0.3 is 12.1 Å². The smallest absolute Gasteiger partial charge is 0.408 e. The van der Waals surface area contributed by atoms with Gasteiger partial charge in [-0.15, -0.1) is 10.2 Å². The van der Waals surface area contributed by atoms with Crippen molar-refractivity contribution in [2.45, 2.75) is 66.0 Å². The third kappa shape index (κ3) is 6.99. The minimum atomic E-state index is -1.16. The van der Waals surface area contributed by atoms with Gasteiger partial charge in [-0.2, -0.15) is 0 Å². The van der Waals surface area contributed by atoms with Gasteiger partial charge in [0.25, 0.3) is 5.91 Å². The molecule has 0 aliphatic heterocycles. The Morgan fingerprint density at radius 2 is 1.74 bits per heavy atom. The lowest BCUT2D eigenvalue weighted by Crippen LogP contribution is -2.34. The topological polar surface area (TPSA) is 148 Å². The van der Waals surface area contributed by atoms with Crippen molar-refractivity contribution < 1.29 is 33.1 Å². The van der Waals surface area contributed by atoms with Crippen molar-refractivity contribution in [3.63, 3.8) is 0 Å². The summed E-state index contributed by atoms with van der Waals surface area (Å²) < 4.78 is 16.6. The number of carboxylic acids is 1. The summed E-state index contributed by atoms with van der Waals surface area (Å²) in [5, 5.41) is 20.4. The van der Waals surface area contributed by atoms with E-state index in [-0.39, 0.29) is 29.0 Å². The second kappa shape index (κ2) is 11.9. The van der Waals surface area contributed by atoms with Crippen LogP contribution in [0.4, 0.5) is 4.79 Å². The summed E-state index contributed by atoms with van der Waals surface area (Å²) in [6.07, 6.45) is 2.22. The van der Waals surface area contributed by atoms with Crippen molar-refractivity contribution >= 4 is 18.0 Å². The first-order chi connectivity index (χ1) is 17.9. The SMILES string of the molecule is CCCN(CCC)C(=O)c1cc(-c2nnc([C@H](C)NC(=O)OC(C)(C)C)o2)cc(-c2occc2C(=O)O)c1. The van der Waals surface area contributed by atoms with Crippen LogP contribution in [0.15, 0.2) is 39.4 Å². The van der Waals surface area contributed by atoms with Crippen LogP contribution in [-0.4, -0.2) is 56.9 Å². The summed E-state index contributed by atoms with van der Waals surface area (Å²) in [7, 11) is 0. The fraction of sp³-hybridized carbons (Fsp3) is 0.444. The van der Waals surface area contributed by atoms with Crippen molar-refractivity contribution in [1.29, 1.82) is 0 Å². The van der Waals surface area contributed by atoms with Crippen LogP contribution in [-0.2, 0) is 4.74 Å². The summed E-state index contributed by atoms with van der Waals surface area (Å²) >= 11 is 0. The molecule has 38 heavy (non-hydrogen) atoms. The van der Waals surface area contributed by atoms with Gasteiger partial charge in [-0.3, -0.25) is 4.79 Å². The van der Waals surface area contributed by atoms with E-state index in [9.17, 15) is 19.5 Å². The number of nitrogens with zero attached hydrogens (tertiary/aromatic N) is 3. The van der Waals surface area contributed by atoms with Crippen LogP contribution in [0.2, 0.25) is 0 Å². The molecule has 1 aromatic carbocycles. The number of benzene rings is 1. The first kappa shape index (κ1) is 28.4. The Morgan fingerprint density at radius 1 is 1.08 bits per heavy atom. The van der Waals surface area contributed by atoms with Gasteiger partial charge in [0.05, 0.1) is 6.26 Å². The van der Waals surface area contributed by atoms with Crippen LogP contribution in [0.1, 0.15) is 87.0 Å². The van der Waals surface area contributed by atoms with E-state index in [1.807, 2.05) is 13.8 Å². The number of carboxylic acid groups (broad SMARTS) is 1. The molecule has 0 fully saturated rings. The molecule has 2 N–H and O–H groups in total. The van der Waals surface area contributed by atoms with Gasteiger partial charge in [0.2, 0.25) is 11.8 Å². The minimum absolute atomic E-state index is 0.0408. The van der Waals surface area contributed by atoms with E-state index >= 15 is 0 Å². The summed E-state index contributed by atoms with van der Waals surface area (Å²) in [4.78, 5) is 39.1. The van der Waals surface area contributed by atoms with Gasteiger partial charge in [0, 0.05) is 29.8 Å². The highest BCUT2D eigenvalue weighted by molar-refractivity contribution is 5.99. The number of hydrogen-bond donors (Lipinski definition) is 2. The van der Waals surface area contributed by atoms with E-state index in [1.54, 1.807) is 50.8 Å². The highest BCUT2D eigenvalue weighted by atomic mass is 16.6. The number of aromatic carboxylic acids is 1. The number of alkyl carbamates (subject to hydrolysis) is 1. The zero-order valence-electron chi connectivity index (χ0n) is 22.5. The molecule has 0 aliphatic carbocycles. The fourth-order valence-corrected chi connectivity index (χ4v) is 3.82. The standard InChI is InChI=1S/C27H34N4O7/c1-7-10-31(11-8-2)24(32)19-14-17(21-20(25(33)34)9-12-36-21)13-18(15-19)23-30-29-22(37-23)16(3)28-26(35)38-27(4,5)6/h9,12-16H,7-8,10-11H2,1-6H3,(H,28,35)(H,33,34)/t16-/m0/s1. The van der Waals surface area contributed by atoms with Crippen molar-refractivity contribution in [3.05, 3.63) is 47.5 Å². The van der Waals surface area contributed by atoms with Crippen molar-refractivity contribution in [1.82, 2.24) is 20.4 Å². The number of carbonyl (C=O) groups is 3. The molecule has 2 heterocycles. The molecule has 0 unspecified atom stereocenters. The molecule has 0 saturated heterocycles. The molecule has 3 rings (SSSR count). The van der Waals surface area contributed by atoms with E-state index in [2.05, 4.69) is 15.5 Å². The molecule has 0 aliphatic rings. The first-order valence-electron chi connectivity index (χ1n) is 12.5. The predicted octanol–water partition coefficient (Wildman–Crippen LogP) is 5.54. The predicted molar refractivity (Wildman–Crippen MR) is 139 cm³/mol. The number of furan rings is 1. The lowest BCUT2D eigenvalue weighted by Gasteiger charge is -2.22. The van der Waals surface area contributed by atoms with Gasteiger partial charge in [-0.1, -0.05) is 13.8 Å². The van der Waals surface area contributed by atoms with Crippen molar-refractivity contribution in [2.75, 3.05) is 13.1 Å². The van der Waals surface area contributed by atoms with Crippen molar-refractivity contribution in [2.24, 2.45) is 0 Å². The lowest BCUT2D eigenvalue weighted by molar-refractivity contribution is 0.0500. The maximum Gasteiger partial charge on any atom is 0.408 e. The zero-order valence-corrected chi connectivity index (χ0v) is 22.5. The molecular formula is C27H34N4O7. The van der Waals surface area contributed by atoms with E-state index in [0.29, 0.717) is 29.8 Å². The third-order valence-electron chi connectivity index (χ3n) is 5.40. The number of rotatable bonds is 10. The fourth-order valence-electron chi connectivity index (χ4n) is 3.82. The van der Waals surface area contributed by atoms with Gasteiger partial charge in [-0.05, 0) is 64.8 Å². The Labute approximate surface area is 221 Å². The van der Waals surface area contributed by atoms with E-state index in [1.165, 1.54) is 12.3 Å². The highest BCUT2D eigenvalue weighted by Crippen LogP contribution is 2.32. The molecule has 11 heteroatoms. The van der Waals surface area contributed by atoms with Crippen LogP contribution >= 0.6 is 0 Å². The monoisotopic (exact) mass is 526 g/mol. The average molecular weight is 527 g/mol. The van der Waals surface area contributed by atoms with Crippen LogP contribution < -0.4 is 5.32 Å². The maximum absolute atomic E-state index is 13.4. The Bertz CT molecular complexity index is 1280. The Morgan fingerprint density at radius 3 is 2.34 bits per heavy atom. The number of amides is 2. The molecule has 2 aromatic heterocycles. The van der Waals surface area contributed by atoms with Crippen LogP contribution in [0.5, 0.6) is 0 Å².